The molecule has 2 aromatic carbocycles. The van der Waals surface area contributed by atoms with Gasteiger partial charge in [-0.2, -0.15) is 26.3 Å². The molecular weight excluding hydrogens is 422 g/mol. The van der Waals surface area contributed by atoms with Gasteiger partial charge in [0.05, 0.1) is 17.7 Å². The molecule has 1 N–H and O–H groups in total. The maximum absolute atomic E-state index is 13.1. The summed E-state index contributed by atoms with van der Waals surface area (Å²) in [6.07, 6.45) is -9.65. The second-order valence-corrected chi connectivity index (χ2v) is 6.15. The minimum absolute atomic E-state index is 0.0900. The van der Waals surface area contributed by atoms with Crippen molar-refractivity contribution in [3.8, 4) is 5.75 Å². The third-order valence-corrected chi connectivity index (χ3v) is 4.01. The van der Waals surface area contributed by atoms with Gasteiger partial charge in [0.1, 0.15) is 12.4 Å². The molecule has 0 atom stereocenters. The van der Waals surface area contributed by atoms with Crippen LogP contribution >= 0.6 is 0 Å². The van der Waals surface area contributed by atoms with Crippen molar-refractivity contribution in [2.24, 2.45) is 0 Å². The first-order valence-corrected chi connectivity index (χ1v) is 8.23. The lowest BCUT2D eigenvalue weighted by atomic mass is 10.0. The van der Waals surface area contributed by atoms with Crippen LogP contribution in [0.3, 0.4) is 0 Å². The lowest BCUT2D eigenvalue weighted by Gasteiger charge is -2.16. The summed E-state index contributed by atoms with van der Waals surface area (Å²) in [5.41, 5.74) is -3.37. The SMILES string of the molecule is O=c1[nH]c(=O)n(Cc2ccc(OCc3cc(C(F)(F)F)ccc3C(F)(F)F)cc2)o1. The molecule has 0 saturated carbocycles. The molecule has 0 aliphatic rings. The molecule has 6 nitrogen and oxygen atoms in total. The van der Waals surface area contributed by atoms with E-state index < -0.39 is 47.1 Å². The van der Waals surface area contributed by atoms with Crippen LogP contribution in [0, 0.1) is 0 Å². The zero-order chi connectivity index (χ0) is 22.1. The van der Waals surface area contributed by atoms with Crippen molar-refractivity contribution in [3.63, 3.8) is 0 Å². The predicted molar refractivity (Wildman–Crippen MR) is 89.9 cm³/mol. The molecule has 0 unspecified atom stereocenters. The van der Waals surface area contributed by atoms with Crippen molar-refractivity contribution in [2.45, 2.75) is 25.5 Å². The first-order valence-electron chi connectivity index (χ1n) is 8.23. The van der Waals surface area contributed by atoms with E-state index in [0.29, 0.717) is 23.8 Å². The average molecular weight is 434 g/mol. The first kappa shape index (κ1) is 21.3. The number of halogens is 6. The zero-order valence-corrected chi connectivity index (χ0v) is 14.8. The fourth-order valence-electron chi connectivity index (χ4n) is 2.60. The molecule has 0 fully saturated rings. The Morgan fingerprint density at radius 2 is 1.60 bits per heavy atom. The van der Waals surface area contributed by atoms with Gasteiger partial charge in [0.2, 0.25) is 0 Å². The van der Waals surface area contributed by atoms with Crippen molar-refractivity contribution < 1.29 is 35.6 Å². The van der Waals surface area contributed by atoms with E-state index in [1.807, 2.05) is 4.98 Å². The lowest BCUT2D eigenvalue weighted by molar-refractivity contribution is -0.142. The Labute approximate surface area is 163 Å². The van der Waals surface area contributed by atoms with Gasteiger partial charge >= 0.3 is 23.8 Å². The Morgan fingerprint density at radius 3 is 2.13 bits per heavy atom. The number of nitrogens with zero attached hydrogens (tertiary/aromatic N) is 1. The second-order valence-electron chi connectivity index (χ2n) is 6.15. The van der Waals surface area contributed by atoms with Gasteiger partial charge in [-0.1, -0.05) is 12.1 Å². The van der Waals surface area contributed by atoms with Crippen molar-refractivity contribution in [3.05, 3.63) is 85.8 Å². The summed E-state index contributed by atoms with van der Waals surface area (Å²) < 4.78 is 88.4. The highest BCUT2D eigenvalue weighted by atomic mass is 19.4. The number of hydrogen-bond donors (Lipinski definition) is 1. The fourth-order valence-corrected chi connectivity index (χ4v) is 2.60. The van der Waals surface area contributed by atoms with E-state index in [0.717, 1.165) is 4.74 Å². The monoisotopic (exact) mass is 434 g/mol. The topological polar surface area (TPSA) is 77.2 Å². The van der Waals surface area contributed by atoms with Crippen molar-refractivity contribution in [2.75, 3.05) is 0 Å². The molecule has 0 saturated heterocycles. The molecule has 0 amide bonds. The molecule has 3 aromatic rings. The third-order valence-electron chi connectivity index (χ3n) is 4.01. The molecule has 30 heavy (non-hydrogen) atoms. The third kappa shape index (κ3) is 4.93. The minimum atomic E-state index is -4.85. The summed E-state index contributed by atoms with van der Waals surface area (Å²) in [5, 5.41) is 0. The van der Waals surface area contributed by atoms with Crippen LogP contribution in [0.1, 0.15) is 22.3 Å². The number of alkyl halides is 6. The summed E-state index contributed by atoms with van der Waals surface area (Å²) in [5.74, 6) is -0.839. The summed E-state index contributed by atoms with van der Waals surface area (Å²) in [4.78, 5) is 24.2. The number of ether oxygens (including phenoxy) is 1. The summed E-state index contributed by atoms with van der Waals surface area (Å²) in [7, 11) is 0. The number of hydrogen-bond acceptors (Lipinski definition) is 4. The summed E-state index contributed by atoms with van der Waals surface area (Å²) >= 11 is 0. The highest BCUT2D eigenvalue weighted by molar-refractivity contribution is 5.36. The van der Waals surface area contributed by atoms with Gasteiger partial charge in [0, 0.05) is 5.56 Å². The second kappa shape index (κ2) is 7.76. The molecule has 0 aliphatic carbocycles. The summed E-state index contributed by atoms with van der Waals surface area (Å²) in [6.45, 7) is -0.839. The highest BCUT2D eigenvalue weighted by Gasteiger charge is 2.37. The molecule has 0 radical (unpaired) electrons. The Kier molecular flexibility index (Phi) is 5.51. The largest absolute Gasteiger partial charge is 0.489 e. The van der Waals surface area contributed by atoms with Crippen LogP contribution < -0.4 is 16.2 Å². The maximum atomic E-state index is 13.1. The van der Waals surface area contributed by atoms with Gasteiger partial charge in [0.15, 0.2) is 0 Å². The molecule has 160 valence electrons. The van der Waals surface area contributed by atoms with Crippen molar-refractivity contribution in [1.29, 1.82) is 0 Å². The smallest absolute Gasteiger partial charge is 0.440 e. The van der Waals surface area contributed by atoms with Crippen LogP contribution in [0.5, 0.6) is 5.75 Å². The van der Waals surface area contributed by atoms with Gasteiger partial charge in [-0.05, 0) is 35.9 Å². The van der Waals surface area contributed by atoms with Crippen LogP contribution in [0.4, 0.5) is 26.3 Å². The van der Waals surface area contributed by atoms with Gasteiger partial charge in [-0.15, -0.1) is 4.74 Å². The Hall–Kier alpha value is -3.44. The normalized spacial score (nSPS) is 12.2. The lowest BCUT2D eigenvalue weighted by Crippen LogP contribution is -2.17. The van der Waals surface area contributed by atoms with Gasteiger partial charge in [-0.25, -0.2) is 14.6 Å². The van der Waals surface area contributed by atoms with Crippen LogP contribution in [-0.4, -0.2) is 9.72 Å². The van der Waals surface area contributed by atoms with Crippen molar-refractivity contribution in [1.82, 2.24) is 9.72 Å². The van der Waals surface area contributed by atoms with Crippen LogP contribution in [-0.2, 0) is 25.5 Å². The minimum Gasteiger partial charge on any atom is -0.489 e. The average Bonchev–Trinajstić information content (AvgIpc) is 2.96. The van der Waals surface area contributed by atoms with E-state index in [-0.39, 0.29) is 12.3 Å². The number of benzene rings is 2. The van der Waals surface area contributed by atoms with Crippen LogP contribution in [0.15, 0.2) is 56.6 Å². The number of rotatable bonds is 5. The van der Waals surface area contributed by atoms with Crippen LogP contribution in [0.25, 0.3) is 0 Å². The molecule has 3 rings (SSSR count). The fraction of sp³-hybridized carbons (Fsp3) is 0.222. The molecule has 12 heteroatoms. The first-order chi connectivity index (χ1) is 13.9. The Morgan fingerprint density at radius 1 is 0.933 bits per heavy atom. The van der Waals surface area contributed by atoms with Gasteiger partial charge in [0.25, 0.3) is 0 Å². The van der Waals surface area contributed by atoms with E-state index in [2.05, 4.69) is 4.52 Å². The molecule has 0 spiro atoms. The number of H-pyrrole nitrogens is 1. The number of aromatic amines is 1. The van der Waals surface area contributed by atoms with Crippen molar-refractivity contribution >= 4 is 0 Å². The van der Waals surface area contributed by atoms with E-state index in [1.54, 1.807) is 0 Å². The number of aromatic nitrogens is 2. The molecular formula is C18H12F6N2O4. The van der Waals surface area contributed by atoms with Gasteiger partial charge in [-0.3, -0.25) is 0 Å². The molecule has 0 aliphatic heterocycles. The predicted octanol–water partition coefficient (Wildman–Crippen LogP) is 3.79. The molecule has 0 bridgehead atoms. The van der Waals surface area contributed by atoms with Gasteiger partial charge < -0.3 is 9.26 Å². The van der Waals surface area contributed by atoms with Crippen LogP contribution in [0.2, 0.25) is 0 Å². The van der Waals surface area contributed by atoms with E-state index in [9.17, 15) is 35.9 Å². The van der Waals surface area contributed by atoms with E-state index in [4.69, 9.17) is 4.74 Å². The maximum Gasteiger partial charge on any atom is 0.440 e. The Balaban J connectivity index is 1.77. The highest BCUT2D eigenvalue weighted by Crippen LogP contribution is 2.37. The standard InChI is InChI=1S/C18H12F6N2O4/c19-17(20,21)12-3-6-14(18(22,23)24)11(7-12)9-29-13-4-1-10(2-5-13)8-26-15(27)25-16(28)30-26/h1-7H,8-9H2,(H,25,27,28). The Bertz CT molecular complexity index is 1140. The number of nitrogens with one attached hydrogen (secondary N) is 1. The van der Waals surface area contributed by atoms with E-state index >= 15 is 0 Å². The molecule has 1 aromatic heterocycles. The van der Waals surface area contributed by atoms with E-state index in [1.165, 1.54) is 24.3 Å². The quantitative estimate of drug-likeness (QED) is 0.620. The zero-order valence-electron chi connectivity index (χ0n) is 14.8. The summed E-state index contributed by atoms with van der Waals surface area (Å²) in [6, 6.07) is 6.74. The molecule has 1 heterocycles.